The molecule has 0 aliphatic rings. The van der Waals surface area contributed by atoms with E-state index in [-0.39, 0.29) is 0 Å². The molecular formula is C12H11NO2. The smallest absolute Gasteiger partial charge is 0.211 e. The molecule has 0 aliphatic heterocycles. The lowest BCUT2D eigenvalue weighted by Gasteiger charge is -1.93. The number of benzene rings is 1. The Morgan fingerprint density at radius 1 is 1.27 bits per heavy atom. The van der Waals surface area contributed by atoms with Gasteiger partial charge in [-0.05, 0) is 6.92 Å². The molecule has 0 saturated heterocycles. The first-order chi connectivity index (χ1) is 7.31. The molecule has 2 rings (SSSR count). The summed E-state index contributed by atoms with van der Waals surface area (Å²) in [7, 11) is 0. The first-order valence-corrected chi connectivity index (χ1v) is 4.67. The van der Waals surface area contributed by atoms with Gasteiger partial charge in [0.2, 0.25) is 6.41 Å². The number of hydrogen-bond acceptors (Lipinski definition) is 2. The molecule has 0 radical (unpaired) electrons. The molecule has 3 nitrogen and oxygen atoms in total. The van der Waals surface area contributed by atoms with E-state index in [1.165, 1.54) is 0 Å². The third-order valence-corrected chi connectivity index (χ3v) is 2.19. The number of nitrogens with one attached hydrogen (secondary N) is 1. The van der Waals surface area contributed by atoms with E-state index in [0.717, 1.165) is 11.3 Å². The summed E-state index contributed by atoms with van der Waals surface area (Å²) in [5, 5.41) is 2.59. The first kappa shape index (κ1) is 9.52. The van der Waals surface area contributed by atoms with Gasteiger partial charge in [-0.3, -0.25) is 4.79 Å². The van der Waals surface area contributed by atoms with Crippen LogP contribution in [0.5, 0.6) is 0 Å². The first-order valence-electron chi connectivity index (χ1n) is 4.67. The second kappa shape index (κ2) is 4.00. The maximum absolute atomic E-state index is 10.3. The normalized spacial score (nSPS) is 9.93. The molecule has 1 N–H and O–H groups in total. The lowest BCUT2D eigenvalue weighted by atomic mass is 10.2. The van der Waals surface area contributed by atoms with Gasteiger partial charge in [0, 0.05) is 11.6 Å². The standard InChI is InChI=1S/C12H11NO2/c1-9-11(13-8-14)7-12(15-9)10-5-3-2-4-6-10/h2-8H,1H3,(H,13,14). The summed E-state index contributed by atoms with van der Waals surface area (Å²) >= 11 is 0. The minimum Gasteiger partial charge on any atom is -0.459 e. The van der Waals surface area contributed by atoms with Crippen molar-refractivity contribution >= 4 is 12.1 Å². The number of aryl methyl sites for hydroxylation is 1. The number of amides is 1. The summed E-state index contributed by atoms with van der Waals surface area (Å²) in [6, 6.07) is 11.6. The molecule has 1 aromatic carbocycles. The minimum atomic E-state index is 0.645. The summed E-state index contributed by atoms with van der Waals surface area (Å²) in [6.07, 6.45) is 0.645. The maximum Gasteiger partial charge on any atom is 0.211 e. The summed E-state index contributed by atoms with van der Waals surface area (Å²) in [5.74, 6) is 1.47. The molecule has 0 saturated carbocycles. The van der Waals surface area contributed by atoms with Gasteiger partial charge < -0.3 is 9.73 Å². The molecule has 0 atom stereocenters. The van der Waals surface area contributed by atoms with Gasteiger partial charge in [-0.2, -0.15) is 0 Å². The largest absolute Gasteiger partial charge is 0.459 e. The van der Waals surface area contributed by atoms with E-state index >= 15 is 0 Å². The number of anilines is 1. The Morgan fingerprint density at radius 3 is 2.67 bits per heavy atom. The number of furan rings is 1. The van der Waals surface area contributed by atoms with Crippen molar-refractivity contribution in [2.45, 2.75) is 6.92 Å². The highest BCUT2D eigenvalue weighted by Gasteiger charge is 2.07. The van der Waals surface area contributed by atoms with Gasteiger partial charge in [-0.25, -0.2) is 0 Å². The highest BCUT2D eigenvalue weighted by molar-refractivity contribution is 5.75. The lowest BCUT2D eigenvalue weighted by Crippen LogP contribution is -1.92. The Balaban J connectivity index is 2.38. The third-order valence-electron chi connectivity index (χ3n) is 2.19. The average molecular weight is 201 g/mol. The molecule has 1 amide bonds. The monoisotopic (exact) mass is 201 g/mol. The van der Waals surface area contributed by atoms with Crippen molar-refractivity contribution in [2.24, 2.45) is 0 Å². The Morgan fingerprint density at radius 2 is 2.00 bits per heavy atom. The molecule has 0 fully saturated rings. The quantitative estimate of drug-likeness (QED) is 0.776. The Labute approximate surface area is 87.7 Å². The van der Waals surface area contributed by atoms with Gasteiger partial charge in [0.05, 0.1) is 5.69 Å². The molecule has 0 aliphatic carbocycles. The summed E-state index contributed by atoms with van der Waals surface area (Å²) in [5.41, 5.74) is 1.71. The Hall–Kier alpha value is -2.03. The van der Waals surface area contributed by atoms with Crippen LogP contribution < -0.4 is 5.32 Å². The molecule has 1 heterocycles. The molecule has 76 valence electrons. The van der Waals surface area contributed by atoms with Crippen LogP contribution in [-0.2, 0) is 4.79 Å². The zero-order chi connectivity index (χ0) is 10.7. The maximum atomic E-state index is 10.3. The van der Waals surface area contributed by atoms with Crippen LogP contribution in [0.2, 0.25) is 0 Å². The molecule has 3 heteroatoms. The molecular weight excluding hydrogens is 190 g/mol. The van der Waals surface area contributed by atoms with E-state index in [0.29, 0.717) is 17.9 Å². The van der Waals surface area contributed by atoms with Gasteiger partial charge >= 0.3 is 0 Å². The molecule has 15 heavy (non-hydrogen) atoms. The Kier molecular flexibility index (Phi) is 2.54. The number of rotatable bonds is 3. The van der Waals surface area contributed by atoms with Crippen LogP contribution in [0.3, 0.4) is 0 Å². The van der Waals surface area contributed by atoms with Gasteiger partial charge in [-0.15, -0.1) is 0 Å². The van der Waals surface area contributed by atoms with Crippen LogP contribution >= 0.6 is 0 Å². The second-order valence-corrected chi connectivity index (χ2v) is 3.21. The predicted molar refractivity (Wildman–Crippen MR) is 58.6 cm³/mol. The van der Waals surface area contributed by atoms with Gasteiger partial charge in [0.25, 0.3) is 0 Å². The fraction of sp³-hybridized carbons (Fsp3) is 0.0833. The highest BCUT2D eigenvalue weighted by atomic mass is 16.3. The van der Waals surface area contributed by atoms with E-state index in [1.54, 1.807) is 0 Å². The number of hydrogen-bond donors (Lipinski definition) is 1. The summed E-state index contributed by atoms with van der Waals surface area (Å²) in [4.78, 5) is 10.3. The fourth-order valence-electron chi connectivity index (χ4n) is 1.43. The van der Waals surface area contributed by atoms with Crippen molar-refractivity contribution in [3.63, 3.8) is 0 Å². The van der Waals surface area contributed by atoms with Crippen LogP contribution in [0.1, 0.15) is 5.76 Å². The summed E-state index contributed by atoms with van der Waals surface area (Å²) in [6.45, 7) is 1.82. The zero-order valence-electron chi connectivity index (χ0n) is 8.36. The molecule has 0 bridgehead atoms. The fourth-order valence-corrected chi connectivity index (χ4v) is 1.43. The van der Waals surface area contributed by atoms with Crippen LogP contribution in [0.25, 0.3) is 11.3 Å². The minimum absolute atomic E-state index is 0.645. The zero-order valence-corrected chi connectivity index (χ0v) is 8.36. The van der Waals surface area contributed by atoms with Crippen molar-refractivity contribution in [1.29, 1.82) is 0 Å². The van der Waals surface area contributed by atoms with E-state index < -0.39 is 0 Å². The predicted octanol–water partition coefficient (Wildman–Crippen LogP) is 2.82. The highest BCUT2D eigenvalue weighted by Crippen LogP contribution is 2.27. The van der Waals surface area contributed by atoms with E-state index in [4.69, 9.17) is 4.42 Å². The number of carbonyl (C=O) groups excluding carboxylic acids is 1. The second-order valence-electron chi connectivity index (χ2n) is 3.21. The average Bonchev–Trinajstić information content (AvgIpc) is 2.63. The van der Waals surface area contributed by atoms with Crippen molar-refractivity contribution in [2.75, 3.05) is 5.32 Å². The van der Waals surface area contributed by atoms with Gasteiger partial charge in [0.1, 0.15) is 11.5 Å². The number of carbonyl (C=O) groups is 1. The van der Waals surface area contributed by atoms with E-state index in [1.807, 2.05) is 43.3 Å². The SMILES string of the molecule is Cc1oc(-c2ccccc2)cc1NC=O. The lowest BCUT2D eigenvalue weighted by molar-refractivity contribution is -0.105. The molecule has 2 aromatic rings. The molecule has 0 spiro atoms. The van der Waals surface area contributed by atoms with Crippen molar-refractivity contribution < 1.29 is 9.21 Å². The van der Waals surface area contributed by atoms with Crippen LogP contribution in [0.4, 0.5) is 5.69 Å². The topological polar surface area (TPSA) is 42.2 Å². The third kappa shape index (κ3) is 1.91. The van der Waals surface area contributed by atoms with Crippen LogP contribution in [0.15, 0.2) is 40.8 Å². The molecule has 0 unspecified atom stereocenters. The van der Waals surface area contributed by atoms with E-state index in [2.05, 4.69) is 5.32 Å². The Bertz CT molecular complexity index is 460. The summed E-state index contributed by atoms with van der Waals surface area (Å²) < 4.78 is 5.53. The molecule has 1 aromatic heterocycles. The van der Waals surface area contributed by atoms with Gasteiger partial charge in [-0.1, -0.05) is 30.3 Å². The van der Waals surface area contributed by atoms with Crippen molar-refractivity contribution in [1.82, 2.24) is 0 Å². The van der Waals surface area contributed by atoms with Crippen LogP contribution in [-0.4, -0.2) is 6.41 Å². The van der Waals surface area contributed by atoms with Crippen molar-refractivity contribution in [3.8, 4) is 11.3 Å². The van der Waals surface area contributed by atoms with Crippen LogP contribution in [0, 0.1) is 6.92 Å². The van der Waals surface area contributed by atoms with Gasteiger partial charge in [0.15, 0.2) is 0 Å². The van der Waals surface area contributed by atoms with Crippen molar-refractivity contribution in [3.05, 3.63) is 42.2 Å². The van der Waals surface area contributed by atoms with E-state index in [9.17, 15) is 4.79 Å².